The molecule has 5 rings (SSSR count). The van der Waals surface area contributed by atoms with E-state index in [1.54, 1.807) is 17.0 Å². The van der Waals surface area contributed by atoms with Crippen molar-refractivity contribution in [2.75, 3.05) is 11.9 Å². The van der Waals surface area contributed by atoms with Gasteiger partial charge in [-0.2, -0.15) is 13.2 Å². The zero-order valence-corrected chi connectivity index (χ0v) is 17.1. The Morgan fingerprint density at radius 1 is 1.19 bits per heavy atom. The van der Waals surface area contributed by atoms with E-state index in [1.807, 2.05) is 6.92 Å². The molecule has 0 radical (unpaired) electrons. The molecule has 4 heterocycles. The Kier molecular flexibility index (Phi) is 4.87. The van der Waals surface area contributed by atoms with Gasteiger partial charge in [0.1, 0.15) is 17.8 Å². The van der Waals surface area contributed by atoms with Crippen molar-refractivity contribution in [1.29, 1.82) is 0 Å². The minimum absolute atomic E-state index is 0.100. The monoisotopic (exact) mass is 443 g/mol. The molecule has 32 heavy (non-hydrogen) atoms. The Labute approximate surface area is 181 Å². The van der Waals surface area contributed by atoms with Gasteiger partial charge in [0.05, 0.1) is 23.4 Å². The van der Waals surface area contributed by atoms with Crippen molar-refractivity contribution in [3.63, 3.8) is 0 Å². The number of alkyl halides is 3. The molecule has 2 fully saturated rings. The number of likely N-dealkylation sites (tertiary alicyclic amines) is 1. The summed E-state index contributed by atoms with van der Waals surface area (Å²) in [6.45, 7) is 2.43. The van der Waals surface area contributed by atoms with Gasteiger partial charge in [0.15, 0.2) is 0 Å². The van der Waals surface area contributed by atoms with Crippen molar-refractivity contribution < 1.29 is 22.4 Å². The third-order valence-electron chi connectivity index (χ3n) is 6.07. The SMILES string of the molecule is Cc1ccc(-c2ncco2)c(C(=O)N2C[C@H]3C[C@@H](Nc4ccc(C(F)(F)F)cn4)[C@@H]2C3)n1. The highest BCUT2D eigenvalue weighted by Crippen LogP contribution is 2.40. The van der Waals surface area contributed by atoms with Gasteiger partial charge in [-0.1, -0.05) is 0 Å². The maximum atomic E-state index is 13.5. The van der Waals surface area contributed by atoms with Gasteiger partial charge < -0.3 is 14.6 Å². The first-order valence-corrected chi connectivity index (χ1v) is 10.3. The van der Waals surface area contributed by atoms with Gasteiger partial charge in [-0.3, -0.25) is 4.79 Å². The van der Waals surface area contributed by atoms with Crippen molar-refractivity contribution in [1.82, 2.24) is 19.9 Å². The highest BCUT2D eigenvalue weighted by atomic mass is 19.4. The lowest BCUT2D eigenvalue weighted by atomic mass is 10.0. The summed E-state index contributed by atoms with van der Waals surface area (Å²) in [5, 5.41) is 3.22. The van der Waals surface area contributed by atoms with E-state index in [1.165, 1.54) is 18.5 Å². The fraction of sp³-hybridized carbons (Fsp3) is 0.364. The van der Waals surface area contributed by atoms with Crippen molar-refractivity contribution in [3.05, 3.63) is 59.9 Å². The number of anilines is 1. The summed E-state index contributed by atoms with van der Waals surface area (Å²) in [6, 6.07) is 5.70. The maximum absolute atomic E-state index is 13.5. The zero-order chi connectivity index (χ0) is 22.5. The molecule has 1 aliphatic heterocycles. The van der Waals surface area contributed by atoms with Gasteiger partial charge in [-0.25, -0.2) is 15.0 Å². The zero-order valence-electron chi connectivity index (χ0n) is 17.1. The van der Waals surface area contributed by atoms with Crippen LogP contribution in [0, 0.1) is 12.8 Å². The van der Waals surface area contributed by atoms with Crippen LogP contribution >= 0.6 is 0 Å². The van der Waals surface area contributed by atoms with E-state index in [2.05, 4.69) is 20.3 Å². The number of aryl methyl sites for hydroxylation is 1. The molecule has 1 amide bonds. The molecule has 2 bridgehead atoms. The lowest BCUT2D eigenvalue weighted by Crippen LogP contribution is -2.48. The summed E-state index contributed by atoms with van der Waals surface area (Å²) in [6.07, 6.45) is 0.992. The number of hydrogen-bond donors (Lipinski definition) is 1. The van der Waals surface area contributed by atoms with Crippen LogP contribution in [-0.2, 0) is 6.18 Å². The normalized spacial score (nSPS) is 22.4. The second-order valence-corrected chi connectivity index (χ2v) is 8.23. The summed E-state index contributed by atoms with van der Waals surface area (Å²) in [4.78, 5) is 27.8. The first-order valence-electron chi connectivity index (χ1n) is 10.3. The van der Waals surface area contributed by atoms with E-state index in [9.17, 15) is 18.0 Å². The summed E-state index contributed by atoms with van der Waals surface area (Å²) in [5.41, 5.74) is 0.725. The number of carbonyl (C=O) groups is 1. The van der Waals surface area contributed by atoms with Gasteiger partial charge >= 0.3 is 6.18 Å². The highest BCUT2D eigenvalue weighted by molar-refractivity contribution is 5.98. The lowest BCUT2D eigenvalue weighted by Gasteiger charge is -2.34. The van der Waals surface area contributed by atoms with E-state index in [0.29, 0.717) is 35.4 Å². The summed E-state index contributed by atoms with van der Waals surface area (Å²) in [7, 11) is 0. The molecule has 1 saturated carbocycles. The van der Waals surface area contributed by atoms with Gasteiger partial charge in [0.2, 0.25) is 5.89 Å². The van der Waals surface area contributed by atoms with Crippen LogP contribution < -0.4 is 5.32 Å². The molecule has 3 atom stereocenters. The first-order chi connectivity index (χ1) is 15.3. The van der Waals surface area contributed by atoms with Crippen LogP contribution in [0.5, 0.6) is 0 Å². The number of pyridine rings is 2. The van der Waals surface area contributed by atoms with Crippen LogP contribution in [0.15, 0.2) is 47.3 Å². The van der Waals surface area contributed by atoms with Gasteiger partial charge in [-0.15, -0.1) is 0 Å². The van der Waals surface area contributed by atoms with Crippen LogP contribution in [0.2, 0.25) is 0 Å². The lowest BCUT2D eigenvalue weighted by molar-refractivity contribution is -0.137. The molecular formula is C22H20F3N5O2. The Hall–Kier alpha value is -3.43. The minimum atomic E-state index is -4.43. The van der Waals surface area contributed by atoms with Gasteiger partial charge in [0, 0.05) is 24.5 Å². The van der Waals surface area contributed by atoms with Gasteiger partial charge in [-0.05, 0) is 49.9 Å². The molecule has 0 spiro atoms. The number of fused-ring (bicyclic) bond motifs is 2. The number of halogens is 3. The number of nitrogens with one attached hydrogen (secondary N) is 1. The number of amides is 1. The molecule has 1 saturated heterocycles. The number of hydrogen-bond acceptors (Lipinski definition) is 6. The number of oxazole rings is 1. The van der Waals surface area contributed by atoms with E-state index < -0.39 is 11.7 Å². The van der Waals surface area contributed by atoms with Crippen LogP contribution in [0.3, 0.4) is 0 Å². The van der Waals surface area contributed by atoms with Gasteiger partial charge in [0.25, 0.3) is 5.91 Å². The van der Waals surface area contributed by atoms with Crippen LogP contribution in [0.1, 0.15) is 34.6 Å². The molecule has 3 aromatic heterocycles. The van der Waals surface area contributed by atoms with Crippen molar-refractivity contribution in [3.8, 4) is 11.5 Å². The van der Waals surface area contributed by atoms with Crippen molar-refractivity contribution >= 4 is 11.7 Å². The number of aromatic nitrogens is 3. The number of rotatable bonds is 4. The quantitative estimate of drug-likeness (QED) is 0.652. The Morgan fingerprint density at radius 3 is 2.69 bits per heavy atom. The average molecular weight is 443 g/mol. The molecule has 1 aliphatic carbocycles. The van der Waals surface area contributed by atoms with E-state index in [0.717, 1.165) is 25.1 Å². The van der Waals surface area contributed by atoms with Crippen LogP contribution in [-0.4, -0.2) is 44.4 Å². The smallest absolute Gasteiger partial charge is 0.417 e. The summed E-state index contributed by atoms with van der Waals surface area (Å²) < 4.78 is 43.8. The standard InChI is InChI=1S/C22H20F3N5O2/c1-12-2-4-15(20-26-6-7-32-20)19(28-12)21(31)30-11-13-8-16(17(30)9-13)29-18-5-3-14(10-27-18)22(23,24)25/h2-7,10,13,16-17H,8-9,11H2,1H3,(H,27,29)/t13-,16+,17-/m0/s1. The Morgan fingerprint density at radius 2 is 2.03 bits per heavy atom. The number of nitrogens with zero attached hydrogens (tertiary/aromatic N) is 4. The first kappa shape index (κ1) is 20.5. The fourth-order valence-corrected chi connectivity index (χ4v) is 4.64. The van der Waals surface area contributed by atoms with E-state index in [4.69, 9.17) is 4.42 Å². The average Bonchev–Trinajstić information content (AvgIpc) is 3.50. The van der Waals surface area contributed by atoms with Crippen LogP contribution in [0.4, 0.5) is 19.0 Å². The molecule has 2 aliphatic rings. The third kappa shape index (κ3) is 3.69. The Bertz CT molecular complexity index is 1130. The summed E-state index contributed by atoms with van der Waals surface area (Å²) in [5.74, 6) is 0.790. The second kappa shape index (κ2) is 7.61. The third-order valence-corrected chi connectivity index (χ3v) is 6.07. The molecule has 166 valence electrons. The molecule has 7 nitrogen and oxygen atoms in total. The predicted octanol–water partition coefficient (Wildman–Crippen LogP) is 4.17. The van der Waals surface area contributed by atoms with E-state index in [-0.39, 0.29) is 23.7 Å². The Balaban J connectivity index is 1.37. The molecule has 0 unspecified atom stereocenters. The fourth-order valence-electron chi connectivity index (χ4n) is 4.64. The molecule has 10 heteroatoms. The topological polar surface area (TPSA) is 84.2 Å². The molecule has 3 aromatic rings. The van der Waals surface area contributed by atoms with Crippen molar-refractivity contribution in [2.45, 2.75) is 38.0 Å². The largest absolute Gasteiger partial charge is 0.444 e. The predicted molar refractivity (Wildman–Crippen MR) is 109 cm³/mol. The van der Waals surface area contributed by atoms with Crippen molar-refractivity contribution in [2.24, 2.45) is 5.92 Å². The van der Waals surface area contributed by atoms with Crippen LogP contribution in [0.25, 0.3) is 11.5 Å². The second-order valence-electron chi connectivity index (χ2n) is 8.23. The minimum Gasteiger partial charge on any atom is -0.444 e. The molecular weight excluding hydrogens is 423 g/mol. The molecule has 1 N–H and O–H groups in total. The summed E-state index contributed by atoms with van der Waals surface area (Å²) >= 11 is 0. The maximum Gasteiger partial charge on any atom is 0.417 e. The highest BCUT2D eigenvalue weighted by Gasteiger charge is 2.47. The van der Waals surface area contributed by atoms with E-state index >= 15 is 0 Å². The molecule has 0 aromatic carbocycles. The number of piperidine rings is 1. The number of carbonyl (C=O) groups excluding carboxylic acids is 1.